The van der Waals surface area contributed by atoms with Crippen LogP contribution in [0.3, 0.4) is 0 Å². The Kier molecular flexibility index (Phi) is 15.3. The number of fused-ring (bicyclic) bond motifs is 10. The molecule has 0 saturated carbocycles. The fourth-order valence-electron chi connectivity index (χ4n) is 18.6. The quantitative estimate of drug-likeness (QED) is 0.113. The van der Waals surface area contributed by atoms with Gasteiger partial charge in [0, 0.05) is 77.9 Å². The highest BCUT2D eigenvalue weighted by atomic mass is 15.2. The number of rotatable bonds is 12. The van der Waals surface area contributed by atoms with Crippen molar-refractivity contribution in [3.05, 3.63) is 405 Å². The van der Waals surface area contributed by atoms with Crippen molar-refractivity contribution in [3.63, 3.8) is 0 Å². The van der Waals surface area contributed by atoms with E-state index in [2.05, 4.69) is 410 Å². The van der Waals surface area contributed by atoms with Crippen molar-refractivity contribution in [1.82, 2.24) is 9.13 Å². The fourth-order valence-corrected chi connectivity index (χ4v) is 18.6. The molecule has 21 rings (SSSR count). The van der Waals surface area contributed by atoms with E-state index >= 15 is 0 Å². The molecule has 2 aliphatic rings. The third kappa shape index (κ3) is 12.5. The van der Waals surface area contributed by atoms with Crippen molar-refractivity contribution in [3.8, 4) is 100 Å². The van der Waals surface area contributed by atoms with Crippen LogP contribution in [0.25, 0.3) is 144 Å². The first-order valence-corrected chi connectivity index (χ1v) is 41.3. The Morgan fingerprint density at radius 2 is 0.571 bits per heavy atom. The van der Waals surface area contributed by atoms with Crippen molar-refractivity contribution >= 4 is 101 Å². The highest BCUT2D eigenvalue weighted by molar-refractivity contribution is 7.00. The van der Waals surface area contributed by atoms with Crippen LogP contribution >= 0.6 is 0 Å². The zero-order valence-electron chi connectivity index (χ0n) is 76.2. The summed E-state index contributed by atoms with van der Waals surface area (Å²) in [6, 6.07) is 121. The van der Waals surface area contributed by atoms with Crippen LogP contribution in [0.1, 0.15) is 90.0 Å². The normalized spacial score (nSPS) is 13.6. The molecule has 0 amide bonds. The Hall–Kier alpha value is -14.0. The Labute approximate surface area is 710 Å². The number of anilines is 6. The van der Waals surface area contributed by atoms with Gasteiger partial charge in [-0.3, -0.25) is 0 Å². The molecule has 0 unspecified atom stereocenters. The molecule has 119 heavy (non-hydrogen) atoms. The molecule has 0 N–H and O–H groups in total. The maximum absolute atomic E-state index is 10.0. The highest BCUT2D eigenvalue weighted by Gasteiger charge is 2.46. The molecule has 0 radical (unpaired) electrons. The van der Waals surface area contributed by atoms with Gasteiger partial charge >= 0.3 is 0 Å². The maximum Gasteiger partial charge on any atom is 0.252 e. The van der Waals surface area contributed by atoms with Crippen molar-refractivity contribution < 1.29 is 11.0 Å². The van der Waals surface area contributed by atoms with Crippen LogP contribution in [0.15, 0.2) is 388 Å². The summed E-state index contributed by atoms with van der Waals surface area (Å²) in [5.74, 6) is 0. The molecule has 0 spiro atoms. The lowest BCUT2D eigenvalue weighted by Gasteiger charge is -2.46. The Morgan fingerprint density at radius 1 is 0.235 bits per heavy atom. The van der Waals surface area contributed by atoms with Gasteiger partial charge in [-0.25, -0.2) is 0 Å². The molecule has 5 heteroatoms. The minimum atomic E-state index is -0.566. The van der Waals surface area contributed by atoms with E-state index in [1.54, 1.807) is 4.57 Å². The minimum absolute atomic E-state index is 0.00189. The predicted molar refractivity (Wildman–Crippen MR) is 509 cm³/mol. The number of benzene rings is 17. The molecule has 0 atom stereocenters. The van der Waals surface area contributed by atoms with Gasteiger partial charge in [0.2, 0.25) is 0 Å². The number of aromatic nitrogens is 2. The van der Waals surface area contributed by atoms with E-state index in [-0.39, 0.29) is 50.1 Å². The monoisotopic (exact) mass is 1530 g/mol. The van der Waals surface area contributed by atoms with Gasteiger partial charge < -0.3 is 18.9 Å². The lowest BCUT2D eigenvalue weighted by molar-refractivity contribution is 0.590. The van der Waals surface area contributed by atoms with E-state index in [4.69, 9.17) is 0 Å². The van der Waals surface area contributed by atoms with E-state index in [1.165, 1.54) is 16.7 Å². The summed E-state index contributed by atoms with van der Waals surface area (Å²) in [5, 5.41) is 2.26. The van der Waals surface area contributed by atoms with Crippen molar-refractivity contribution in [2.24, 2.45) is 0 Å². The molecule has 4 nitrogen and oxygen atoms in total. The van der Waals surface area contributed by atoms with Crippen molar-refractivity contribution in [2.45, 2.75) is 78.6 Å². The second kappa shape index (κ2) is 28.4. The molecule has 2 aliphatic heterocycles. The third-order valence-electron chi connectivity index (χ3n) is 24.6. The zero-order chi connectivity index (χ0) is 87.5. The van der Waals surface area contributed by atoms with Crippen LogP contribution in [0.5, 0.6) is 0 Å². The van der Waals surface area contributed by atoms with E-state index in [0.29, 0.717) is 5.69 Å². The second-order valence-corrected chi connectivity index (χ2v) is 35.0. The summed E-state index contributed by atoms with van der Waals surface area (Å²) >= 11 is 0. The topological polar surface area (TPSA) is 16.3 Å². The number of nitrogens with zero attached hydrogens (tertiary/aromatic N) is 4. The van der Waals surface area contributed by atoms with Crippen LogP contribution in [0.4, 0.5) is 34.1 Å². The molecular formula is C114H91BN4. The van der Waals surface area contributed by atoms with Crippen LogP contribution in [0, 0.1) is 0 Å². The Morgan fingerprint density at radius 3 is 1.01 bits per heavy atom. The molecule has 17 aromatic carbocycles. The first-order chi connectivity index (χ1) is 61.2. The average Bonchev–Trinajstić information content (AvgIpc) is 1.64. The lowest BCUT2D eigenvalue weighted by atomic mass is 9.33. The van der Waals surface area contributed by atoms with Crippen LogP contribution in [-0.2, 0) is 16.2 Å². The average molecular weight is 1540 g/mol. The Balaban J connectivity index is 0.949. The number of para-hydroxylation sites is 4. The van der Waals surface area contributed by atoms with E-state index in [9.17, 15) is 11.0 Å². The fraction of sp³-hybridized carbons (Fsp3) is 0.105. The molecule has 0 fully saturated rings. The SMILES string of the molecule is [2H]c1c([2H])c([2H])c2c(c1[2H])c1c([2H])c([2H])c([2H])c([2H])c1n2-c1ccc2c(c1)N(c1c(-c3ccccc3)cc(-c3ccc(C(C)(C)C)cc3)cc1-c1ccccc1)c1cc(-c3ccc(C(C)(C)C)cc3)cc3c1B2c1ccc(-c2ccc4c(c2)c2ccccc2n4-c2ccccc2)cc1N3c1c(-c2ccccc2)cc(-c2ccc(C(C)(C)C)cc2)cc1-c1ccccc1. The number of hydrogen-bond donors (Lipinski definition) is 0. The van der Waals surface area contributed by atoms with Gasteiger partial charge in [-0.1, -0.05) is 353 Å². The lowest BCUT2D eigenvalue weighted by Crippen LogP contribution is -2.61. The summed E-state index contributed by atoms with van der Waals surface area (Å²) < 4.78 is 80.9. The first kappa shape index (κ1) is 64.2. The van der Waals surface area contributed by atoms with Gasteiger partial charge in [0.15, 0.2) is 0 Å². The molecule has 2 aromatic heterocycles. The minimum Gasteiger partial charge on any atom is -0.310 e. The standard InChI is InChI=1S/C114H91BN4/c1-112(2,3)86-55-47-74(48-56-86)83-66-94(77-31-15-10-16-32-77)110(95(67-83)78-33-17-11-18-34-78)118-105-70-82(81-54-64-104-98(65-81)93-43-27-30-46-103(93)116(104)89-39-23-14-24-40-89)53-62-99(105)115-100-63-61-90(117-101-44-28-25-41-91(101)92-42-26-29-45-102(92)117)73-106(100)119(108-72-85(71-107(118)109(108)115)76-51-59-88(60-52-76)114(7,8)9)111-96(79-35-19-12-20-36-79)68-84(69-97(111)80-37-21-13-22-38-80)75-49-57-87(58-50-75)113(4,5)6/h10-73H,1-9H3/i25D,26D,28D,29D,41D,42D,44D,45D. The third-order valence-corrected chi connectivity index (χ3v) is 24.6. The van der Waals surface area contributed by atoms with E-state index < -0.39 is 43.0 Å². The smallest absolute Gasteiger partial charge is 0.252 e. The van der Waals surface area contributed by atoms with Crippen molar-refractivity contribution in [2.75, 3.05) is 9.80 Å². The molecule has 4 heterocycles. The van der Waals surface area contributed by atoms with Gasteiger partial charge in [-0.15, -0.1) is 0 Å². The highest BCUT2D eigenvalue weighted by Crippen LogP contribution is 2.56. The van der Waals surface area contributed by atoms with Gasteiger partial charge in [-0.05, 0) is 213 Å². The zero-order valence-corrected chi connectivity index (χ0v) is 68.2. The second-order valence-electron chi connectivity index (χ2n) is 35.0. The number of hydrogen-bond acceptors (Lipinski definition) is 2. The Bertz CT molecular complexity index is 7480. The molecule has 0 bridgehead atoms. The summed E-state index contributed by atoms with van der Waals surface area (Å²) in [7, 11) is 0. The van der Waals surface area contributed by atoms with Crippen LogP contribution < -0.4 is 26.2 Å². The van der Waals surface area contributed by atoms with E-state index in [0.717, 1.165) is 167 Å². The molecule has 19 aromatic rings. The van der Waals surface area contributed by atoms with Gasteiger partial charge in [0.25, 0.3) is 6.71 Å². The van der Waals surface area contributed by atoms with Crippen molar-refractivity contribution in [1.29, 1.82) is 0 Å². The molecule has 0 aliphatic carbocycles. The maximum atomic E-state index is 10.0. The summed E-state index contributed by atoms with van der Waals surface area (Å²) in [6.07, 6.45) is 0. The predicted octanol–water partition coefficient (Wildman–Crippen LogP) is 29.2. The first-order valence-electron chi connectivity index (χ1n) is 45.3. The summed E-state index contributed by atoms with van der Waals surface area (Å²) in [4.78, 5) is 5.07. The van der Waals surface area contributed by atoms with Gasteiger partial charge in [-0.2, -0.15) is 0 Å². The largest absolute Gasteiger partial charge is 0.310 e. The van der Waals surface area contributed by atoms with Gasteiger partial charge in [0.05, 0.1) is 44.4 Å². The summed E-state index contributed by atoms with van der Waals surface area (Å²) in [5.41, 5.74) is 31.2. The van der Waals surface area contributed by atoms with Crippen LogP contribution in [0.2, 0.25) is 0 Å². The molecule has 0 saturated heterocycles. The van der Waals surface area contributed by atoms with E-state index in [1.807, 2.05) is 6.07 Å². The van der Waals surface area contributed by atoms with Crippen LogP contribution in [-0.4, -0.2) is 15.8 Å². The molecule has 570 valence electrons. The summed E-state index contributed by atoms with van der Waals surface area (Å²) in [6.45, 7) is 19.7. The molecular weight excluding hydrogens is 1440 g/mol. The van der Waals surface area contributed by atoms with Gasteiger partial charge in [0.1, 0.15) is 0 Å².